The molecule has 18 heavy (non-hydrogen) atoms. The van der Waals surface area contributed by atoms with E-state index in [4.69, 9.17) is 0 Å². The molecule has 0 atom stereocenters. The fourth-order valence-corrected chi connectivity index (χ4v) is 1.82. The first-order chi connectivity index (χ1) is 8.31. The number of benzene rings is 1. The predicted octanol–water partition coefficient (Wildman–Crippen LogP) is 4.07. The second-order valence-electron chi connectivity index (χ2n) is 5.83. The molecular formula is C16H25NO. The van der Waals surface area contributed by atoms with E-state index in [0.29, 0.717) is 11.8 Å². The maximum absolute atomic E-state index is 12.1. The van der Waals surface area contributed by atoms with Crippen LogP contribution in [0, 0.1) is 0 Å². The second-order valence-corrected chi connectivity index (χ2v) is 5.83. The third-order valence-corrected chi connectivity index (χ3v) is 2.99. The van der Waals surface area contributed by atoms with Gasteiger partial charge in [0.1, 0.15) is 0 Å². The van der Waals surface area contributed by atoms with E-state index in [0.717, 1.165) is 5.56 Å². The first-order valence-corrected chi connectivity index (χ1v) is 6.77. The Labute approximate surface area is 111 Å². The quantitative estimate of drug-likeness (QED) is 0.853. The van der Waals surface area contributed by atoms with Gasteiger partial charge in [0.2, 0.25) is 0 Å². The molecule has 2 heteroatoms. The molecule has 1 rings (SSSR count). The Kier molecular flexibility index (Phi) is 4.94. The Balaban J connectivity index is 3.14. The lowest BCUT2D eigenvalue weighted by Crippen LogP contribution is -2.30. The number of amides is 1. The van der Waals surface area contributed by atoms with E-state index in [9.17, 15) is 4.79 Å². The molecule has 0 aliphatic carbocycles. The summed E-state index contributed by atoms with van der Waals surface area (Å²) >= 11 is 0. The summed E-state index contributed by atoms with van der Waals surface area (Å²) < 4.78 is 0. The van der Waals surface area contributed by atoms with Crippen LogP contribution >= 0.6 is 0 Å². The Hall–Kier alpha value is -1.31. The van der Waals surface area contributed by atoms with Crippen molar-refractivity contribution in [1.29, 1.82) is 0 Å². The molecule has 0 bridgehead atoms. The number of carbonyl (C=O) groups is 1. The summed E-state index contributed by atoms with van der Waals surface area (Å²) in [7, 11) is 0. The van der Waals surface area contributed by atoms with Gasteiger partial charge < -0.3 is 5.32 Å². The molecule has 1 aromatic rings. The van der Waals surface area contributed by atoms with Crippen molar-refractivity contribution in [2.45, 2.75) is 59.4 Å². The number of hydrogen-bond donors (Lipinski definition) is 1. The van der Waals surface area contributed by atoms with Gasteiger partial charge in [0.05, 0.1) is 0 Å². The van der Waals surface area contributed by atoms with Gasteiger partial charge in [-0.3, -0.25) is 4.79 Å². The average Bonchev–Trinajstić information content (AvgIpc) is 2.27. The van der Waals surface area contributed by atoms with Crippen molar-refractivity contribution in [2.24, 2.45) is 0 Å². The Morgan fingerprint density at radius 3 is 1.67 bits per heavy atom. The first-order valence-electron chi connectivity index (χ1n) is 6.77. The van der Waals surface area contributed by atoms with E-state index in [2.05, 4.69) is 39.1 Å². The molecule has 0 saturated carbocycles. The van der Waals surface area contributed by atoms with Crippen LogP contribution in [0.15, 0.2) is 18.2 Å². The van der Waals surface area contributed by atoms with Gasteiger partial charge >= 0.3 is 0 Å². The summed E-state index contributed by atoms with van der Waals surface area (Å²) in [6.07, 6.45) is 0. The van der Waals surface area contributed by atoms with Crippen LogP contribution in [0.4, 0.5) is 0 Å². The van der Waals surface area contributed by atoms with Crippen molar-refractivity contribution in [3.8, 4) is 0 Å². The minimum Gasteiger partial charge on any atom is -0.350 e. The molecule has 100 valence electrons. The minimum atomic E-state index is 0.0226. The summed E-state index contributed by atoms with van der Waals surface area (Å²) in [6, 6.07) is 6.40. The molecule has 0 aromatic heterocycles. The Morgan fingerprint density at radius 2 is 1.33 bits per heavy atom. The summed E-state index contributed by atoms with van der Waals surface area (Å²) in [5, 5.41) is 2.95. The van der Waals surface area contributed by atoms with Gasteiger partial charge in [-0.1, -0.05) is 33.8 Å². The van der Waals surface area contributed by atoms with Gasteiger partial charge in [-0.05, 0) is 48.9 Å². The zero-order valence-electron chi connectivity index (χ0n) is 12.4. The molecule has 0 saturated heterocycles. The maximum atomic E-state index is 12.1. The summed E-state index contributed by atoms with van der Waals surface area (Å²) in [4.78, 5) is 12.1. The van der Waals surface area contributed by atoms with Crippen LogP contribution in [-0.2, 0) is 0 Å². The fourth-order valence-electron chi connectivity index (χ4n) is 1.82. The van der Waals surface area contributed by atoms with Crippen molar-refractivity contribution in [3.63, 3.8) is 0 Å². The van der Waals surface area contributed by atoms with Gasteiger partial charge in [-0.2, -0.15) is 0 Å². The van der Waals surface area contributed by atoms with Crippen LogP contribution in [0.3, 0.4) is 0 Å². The zero-order chi connectivity index (χ0) is 13.9. The van der Waals surface area contributed by atoms with E-state index in [1.54, 1.807) is 0 Å². The molecular weight excluding hydrogens is 222 g/mol. The minimum absolute atomic E-state index is 0.0226. The van der Waals surface area contributed by atoms with Crippen molar-refractivity contribution >= 4 is 5.91 Å². The summed E-state index contributed by atoms with van der Waals surface area (Å²) in [5.74, 6) is 0.901. The van der Waals surface area contributed by atoms with Crippen LogP contribution in [0.1, 0.15) is 74.9 Å². The fraction of sp³-hybridized carbons (Fsp3) is 0.562. The molecule has 2 nitrogen and oxygen atoms in total. The van der Waals surface area contributed by atoms with Crippen LogP contribution in [0.2, 0.25) is 0 Å². The highest BCUT2D eigenvalue weighted by molar-refractivity contribution is 5.94. The number of nitrogens with one attached hydrogen (secondary N) is 1. The van der Waals surface area contributed by atoms with Gasteiger partial charge in [-0.25, -0.2) is 0 Å². The predicted molar refractivity (Wildman–Crippen MR) is 77.2 cm³/mol. The monoisotopic (exact) mass is 247 g/mol. The van der Waals surface area contributed by atoms with Crippen molar-refractivity contribution in [2.75, 3.05) is 0 Å². The highest BCUT2D eigenvalue weighted by Crippen LogP contribution is 2.23. The zero-order valence-corrected chi connectivity index (χ0v) is 12.4. The number of rotatable bonds is 4. The van der Waals surface area contributed by atoms with E-state index in [1.165, 1.54) is 11.1 Å². The molecule has 0 heterocycles. The van der Waals surface area contributed by atoms with E-state index >= 15 is 0 Å². The van der Waals surface area contributed by atoms with Crippen molar-refractivity contribution in [1.82, 2.24) is 5.32 Å². The molecule has 0 fully saturated rings. The van der Waals surface area contributed by atoms with Gasteiger partial charge in [0.15, 0.2) is 0 Å². The number of carbonyl (C=O) groups excluding carboxylic acids is 1. The maximum Gasteiger partial charge on any atom is 0.251 e. The molecule has 0 spiro atoms. The normalized spacial score (nSPS) is 11.4. The van der Waals surface area contributed by atoms with Gasteiger partial charge in [0, 0.05) is 11.6 Å². The SMILES string of the molecule is CC(C)NC(=O)c1cc(C(C)C)cc(C(C)C)c1. The highest BCUT2D eigenvalue weighted by atomic mass is 16.1. The molecule has 1 amide bonds. The topological polar surface area (TPSA) is 29.1 Å². The van der Waals surface area contributed by atoms with Crippen LogP contribution in [0.5, 0.6) is 0 Å². The van der Waals surface area contributed by atoms with Crippen LogP contribution < -0.4 is 5.32 Å². The third kappa shape index (κ3) is 3.86. The van der Waals surface area contributed by atoms with Gasteiger partial charge in [0.25, 0.3) is 5.91 Å². The van der Waals surface area contributed by atoms with Crippen LogP contribution in [0.25, 0.3) is 0 Å². The summed E-state index contributed by atoms with van der Waals surface area (Å²) in [6.45, 7) is 12.6. The lowest BCUT2D eigenvalue weighted by molar-refractivity contribution is 0.0943. The van der Waals surface area contributed by atoms with Crippen LogP contribution in [-0.4, -0.2) is 11.9 Å². The molecule has 0 aliphatic heterocycles. The lowest BCUT2D eigenvalue weighted by Gasteiger charge is -2.15. The largest absolute Gasteiger partial charge is 0.350 e. The Bertz CT molecular complexity index is 393. The Morgan fingerprint density at radius 1 is 0.889 bits per heavy atom. The molecule has 0 unspecified atom stereocenters. The second kappa shape index (κ2) is 6.03. The van der Waals surface area contributed by atoms with Crippen molar-refractivity contribution in [3.05, 3.63) is 34.9 Å². The first kappa shape index (κ1) is 14.7. The van der Waals surface area contributed by atoms with Crippen molar-refractivity contribution < 1.29 is 4.79 Å². The molecule has 1 aromatic carbocycles. The number of hydrogen-bond acceptors (Lipinski definition) is 1. The van der Waals surface area contributed by atoms with Gasteiger partial charge in [-0.15, -0.1) is 0 Å². The summed E-state index contributed by atoms with van der Waals surface area (Å²) in [5.41, 5.74) is 3.24. The third-order valence-electron chi connectivity index (χ3n) is 2.99. The van der Waals surface area contributed by atoms with E-state index in [-0.39, 0.29) is 11.9 Å². The molecule has 0 radical (unpaired) electrons. The van der Waals surface area contributed by atoms with E-state index < -0.39 is 0 Å². The standard InChI is InChI=1S/C16H25NO/c1-10(2)13-7-14(11(3)4)9-15(8-13)16(18)17-12(5)6/h7-12H,1-6H3,(H,17,18). The smallest absolute Gasteiger partial charge is 0.251 e. The highest BCUT2D eigenvalue weighted by Gasteiger charge is 2.12. The lowest BCUT2D eigenvalue weighted by atomic mass is 9.93. The van der Waals surface area contributed by atoms with E-state index in [1.807, 2.05) is 26.0 Å². The molecule has 0 aliphatic rings. The average molecular weight is 247 g/mol. The molecule has 1 N–H and O–H groups in total.